The van der Waals surface area contributed by atoms with Crippen molar-refractivity contribution in [3.63, 3.8) is 0 Å². The van der Waals surface area contributed by atoms with Crippen LogP contribution in [0.2, 0.25) is 5.02 Å². The monoisotopic (exact) mass is 413 g/mol. The molecule has 28 heavy (non-hydrogen) atoms. The van der Waals surface area contributed by atoms with Gasteiger partial charge in [0.25, 0.3) is 0 Å². The number of para-hydroxylation sites is 1. The number of carbonyl (C=O) groups is 1. The Morgan fingerprint density at radius 1 is 1.11 bits per heavy atom. The van der Waals surface area contributed by atoms with E-state index in [9.17, 15) is 4.79 Å². The van der Waals surface area contributed by atoms with E-state index < -0.39 is 0 Å². The van der Waals surface area contributed by atoms with Crippen molar-refractivity contribution < 1.29 is 9.53 Å². The quantitative estimate of drug-likeness (QED) is 0.573. The maximum Gasteiger partial charge on any atom is 0.227 e. The number of anilines is 3. The summed E-state index contributed by atoms with van der Waals surface area (Å²) in [5.41, 5.74) is 3.50. The van der Waals surface area contributed by atoms with Gasteiger partial charge in [-0.3, -0.25) is 4.79 Å². The summed E-state index contributed by atoms with van der Waals surface area (Å²) < 4.78 is 5.31. The highest BCUT2D eigenvalue weighted by Gasteiger charge is 2.21. The number of halogens is 1. The van der Waals surface area contributed by atoms with Crippen molar-refractivity contribution in [3.8, 4) is 11.3 Å². The minimum absolute atomic E-state index is 0.0328. The lowest BCUT2D eigenvalue weighted by molar-refractivity contribution is -0.122. The third-order valence-electron chi connectivity index (χ3n) is 4.66. The number of hydrogen-bond acceptors (Lipinski definition) is 5. The topological polar surface area (TPSA) is 63.2 Å². The van der Waals surface area contributed by atoms with E-state index in [2.05, 4.69) is 15.6 Å². The third kappa shape index (κ3) is 4.52. The molecular weight excluding hydrogens is 394 g/mol. The smallest absolute Gasteiger partial charge is 0.227 e. The summed E-state index contributed by atoms with van der Waals surface area (Å²) in [6, 6.07) is 15.3. The van der Waals surface area contributed by atoms with E-state index in [0.717, 1.165) is 40.6 Å². The summed E-state index contributed by atoms with van der Waals surface area (Å²) in [6.45, 7) is 1.32. The van der Waals surface area contributed by atoms with Crippen LogP contribution in [0, 0.1) is 5.92 Å². The standard InChI is InChI=1S/C21H20ClN3O2S/c22-17-3-1-2-4-18(17)24-21-25-19(13-28-21)14-5-7-16(8-6-14)23-20(26)15-9-11-27-12-10-15/h1-8,13,15H,9-12H2,(H,23,26)(H,24,25). The molecule has 0 atom stereocenters. The molecular formula is C21H20ClN3O2S. The van der Waals surface area contributed by atoms with Gasteiger partial charge in [-0.05, 0) is 37.1 Å². The van der Waals surface area contributed by atoms with E-state index in [1.54, 1.807) is 0 Å². The molecule has 2 N–H and O–H groups in total. The molecule has 0 saturated carbocycles. The van der Waals surface area contributed by atoms with Gasteiger partial charge in [0.1, 0.15) is 0 Å². The van der Waals surface area contributed by atoms with Gasteiger partial charge >= 0.3 is 0 Å². The summed E-state index contributed by atoms with van der Waals surface area (Å²) in [5, 5.41) is 9.67. The molecule has 5 nitrogen and oxygen atoms in total. The van der Waals surface area contributed by atoms with Crippen LogP contribution in [-0.2, 0) is 9.53 Å². The average molecular weight is 414 g/mol. The maximum absolute atomic E-state index is 12.3. The predicted molar refractivity (Wildman–Crippen MR) is 114 cm³/mol. The Balaban J connectivity index is 1.41. The second kappa shape index (κ2) is 8.73. The lowest BCUT2D eigenvalue weighted by Gasteiger charge is -2.21. The van der Waals surface area contributed by atoms with Crippen LogP contribution in [0.15, 0.2) is 53.9 Å². The molecule has 7 heteroatoms. The number of nitrogens with zero attached hydrogens (tertiary/aromatic N) is 1. The van der Waals surface area contributed by atoms with E-state index >= 15 is 0 Å². The maximum atomic E-state index is 12.3. The Hall–Kier alpha value is -2.41. The highest BCUT2D eigenvalue weighted by molar-refractivity contribution is 7.14. The summed E-state index contributed by atoms with van der Waals surface area (Å²) >= 11 is 7.70. The van der Waals surface area contributed by atoms with Crippen molar-refractivity contribution in [3.05, 3.63) is 58.9 Å². The van der Waals surface area contributed by atoms with Crippen molar-refractivity contribution in [2.75, 3.05) is 23.8 Å². The average Bonchev–Trinajstić information content (AvgIpc) is 3.19. The molecule has 2 aromatic carbocycles. The van der Waals surface area contributed by atoms with Crippen LogP contribution in [0.3, 0.4) is 0 Å². The van der Waals surface area contributed by atoms with Gasteiger partial charge in [-0.2, -0.15) is 0 Å². The number of aromatic nitrogens is 1. The fraction of sp³-hybridized carbons (Fsp3) is 0.238. The first-order valence-corrected chi connectivity index (χ1v) is 10.4. The largest absolute Gasteiger partial charge is 0.381 e. The Morgan fingerprint density at radius 2 is 1.86 bits per heavy atom. The molecule has 1 fully saturated rings. The molecule has 1 saturated heterocycles. The second-order valence-electron chi connectivity index (χ2n) is 6.60. The number of benzene rings is 2. The highest BCUT2D eigenvalue weighted by atomic mass is 35.5. The molecule has 4 rings (SSSR count). The normalized spacial score (nSPS) is 14.6. The van der Waals surface area contributed by atoms with E-state index in [1.165, 1.54) is 11.3 Å². The number of nitrogens with one attached hydrogen (secondary N) is 2. The van der Waals surface area contributed by atoms with Crippen molar-refractivity contribution in [1.29, 1.82) is 0 Å². The third-order valence-corrected chi connectivity index (χ3v) is 5.75. The Bertz CT molecular complexity index is 952. The summed E-state index contributed by atoms with van der Waals surface area (Å²) in [7, 11) is 0. The van der Waals surface area contributed by atoms with Crippen LogP contribution in [0.5, 0.6) is 0 Å². The molecule has 1 aliphatic heterocycles. The van der Waals surface area contributed by atoms with Gasteiger partial charge in [0.2, 0.25) is 5.91 Å². The lowest BCUT2D eigenvalue weighted by Crippen LogP contribution is -2.28. The predicted octanol–water partition coefficient (Wildman–Crippen LogP) is 5.57. The van der Waals surface area contributed by atoms with Crippen LogP contribution in [-0.4, -0.2) is 24.1 Å². The highest BCUT2D eigenvalue weighted by Crippen LogP contribution is 2.30. The van der Waals surface area contributed by atoms with Gasteiger partial charge in [0, 0.05) is 35.8 Å². The van der Waals surface area contributed by atoms with E-state index in [4.69, 9.17) is 16.3 Å². The first kappa shape index (κ1) is 18.9. The van der Waals surface area contributed by atoms with Gasteiger partial charge in [-0.25, -0.2) is 4.98 Å². The van der Waals surface area contributed by atoms with E-state index in [0.29, 0.717) is 18.2 Å². The second-order valence-corrected chi connectivity index (χ2v) is 7.86. The van der Waals surface area contributed by atoms with Gasteiger partial charge in [-0.15, -0.1) is 11.3 Å². The Labute approximate surface area is 172 Å². The summed E-state index contributed by atoms with van der Waals surface area (Å²) in [4.78, 5) is 17.0. The zero-order chi connectivity index (χ0) is 19.3. The van der Waals surface area contributed by atoms with Crippen LogP contribution in [0.25, 0.3) is 11.3 Å². The number of hydrogen-bond donors (Lipinski definition) is 2. The van der Waals surface area contributed by atoms with Gasteiger partial charge in [0.05, 0.1) is 16.4 Å². The molecule has 0 radical (unpaired) electrons. The lowest BCUT2D eigenvalue weighted by atomic mass is 9.99. The molecule has 2 heterocycles. The molecule has 0 spiro atoms. The fourth-order valence-electron chi connectivity index (χ4n) is 3.07. The van der Waals surface area contributed by atoms with Crippen molar-refractivity contribution >= 4 is 45.4 Å². The molecule has 1 aliphatic rings. The number of rotatable bonds is 5. The van der Waals surface area contributed by atoms with Crippen molar-refractivity contribution in [2.24, 2.45) is 5.92 Å². The molecule has 144 valence electrons. The number of amides is 1. The van der Waals surface area contributed by atoms with Crippen molar-refractivity contribution in [1.82, 2.24) is 4.98 Å². The van der Waals surface area contributed by atoms with E-state index in [1.807, 2.05) is 53.9 Å². The summed E-state index contributed by atoms with van der Waals surface area (Å²) in [6.07, 6.45) is 1.56. The molecule has 1 aromatic heterocycles. The van der Waals surface area contributed by atoms with Crippen LogP contribution in [0.4, 0.5) is 16.5 Å². The van der Waals surface area contributed by atoms with Crippen LogP contribution in [0.1, 0.15) is 12.8 Å². The first-order valence-electron chi connectivity index (χ1n) is 9.15. The molecule has 1 amide bonds. The molecule has 0 unspecified atom stereocenters. The first-order chi connectivity index (χ1) is 13.7. The fourth-order valence-corrected chi connectivity index (χ4v) is 3.98. The molecule has 3 aromatic rings. The van der Waals surface area contributed by atoms with Crippen LogP contribution >= 0.6 is 22.9 Å². The summed E-state index contributed by atoms with van der Waals surface area (Å²) in [5.74, 6) is 0.0985. The number of carbonyl (C=O) groups excluding carboxylic acids is 1. The van der Waals surface area contributed by atoms with Gasteiger partial charge < -0.3 is 15.4 Å². The zero-order valence-corrected chi connectivity index (χ0v) is 16.7. The SMILES string of the molecule is O=C(Nc1ccc(-c2csc(Nc3ccccc3Cl)n2)cc1)C1CCOCC1. The minimum atomic E-state index is 0.0328. The Kier molecular flexibility index (Phi) is 5.90. The molecule has 0 aliphatic carbocycles. The molecule has 0 bridgehead atoms. The van der Waals surface area contributed by atoms with Gasteiger partial charge in [0.15, 0.2) is 5.13 Å². The van der Waals surface area contributed by atoms with Gasteiger partial charge in [-0.1, -0.05) is 35.9 Å². The Morgan fingerprint density at radius 3 is 2.61 bits per heavy atom. The zero-order valence-electron chi connectivity index (χ0n) is 15.2. The van der Waals surface area contributed by atoms with Crippen molar-refractivity contribution in [2.45, 2.75) is 12.8 Å². The number of ether oxygens (including phenoxy) is 1. The number of thiazole rings is 1. The minimum Gasteiger partial charge on any atom is -0.381 e. The van der Waals surface area contributed by atoms with E-state index in [-0.39, 0.29) is 11.8 Å². The van der Waals surface area contributed by atoms with Crippen LogP contribution < -0.4 is 10.6 Å².